The van der Waals surface area contributed by atoms with Crippen molar-refractivity contribution >= 4 is 49.0 Å². The zero-order chi connectivity index (χ0) is 9.42. The molecule has 0 saturated heterocycles. The van der Waals surface area contributed by atoms with Crippen molar-refractivity contribution < 1.29 is 4.39 Å². The fraction of sp³-hybridized carbons (Fsp3) is 0.111. The summed E-state index contributed by atoms with van der Waals surface area (Å²) in [6.45, 7) is 0. The predicted octanol–water partition coefficient (Wildman–Crippen LogP) is 4.59. The Bertz CT molecular complexity index is 452. The summed E-state index contributed by atoms with van der Waals surface area (Å²) in [6.07, 6.45) is 0. The molecule has 13 heavy (non-hydrogen) atoms. The van der Waals surface area contributed by atoms with Crippen molar-refractivity contribution in [2.75, 3.05) is 0 Å². The molecule has 0 spiro atoms. The number of thiophene rings is 1. The SMILES string of the molecule is Fc1cc(CBr)c2scc(Cl)c2c1. The van der Waals surface area contributed by atoms with E-state index in [0.717, 1.165) is 15.6 Å². The largest absolute Gasteiger partial charge is 0.207 e. The van der Waals surface area contributed by atoms with E-state index < -0.39 is 0 Å². The monoisotopic (exact) mass is 278 g/mol. The molecule has 1 heterocycles. The highest BCUT2D eigenvalue weighted by Gasteiger charge is 2.07. The molecule has 0 unspecified atom stereocenters. The highest BCUT2D eigenvalue weighted by molar-refractivity contribution is 9.08. The molecule has 2 rings (SSSR count). The Morgan fingerprint density at radius 2 is 2.23 bits per heavy atom. The fourth-order valence-corrected chi connectivity index (χ4v) is 3.13. The Balaban J connectivity index is 2.84. The van der Waals surface area contributed by atoms with Gasteiger partial charge >= 0.3 is 0 Å². The lowest BCUT2D eigenvalue weighted by Crippen LogP contribution is -1.81. The Hall–Kier alpha value is -0.120. The van der Waals surface area contributed by atoms with Crippen LogP contribution in [0.3, 0.4) is 0 Å². The number of hydrogen-bond acceptors (Lipinski definition) is 1. The number of benzene rings is 1. The van der Waals surface area contributed by atoms with Crippen LogP contribution >= 0.6 is 38.9 Å². The molecule has 0 bridgehead atoms. The quantitative estimate of drug-likeness (QED) is 0.670. The van der Waals surface area contributed by atoms with Gasteiger partial charge in [0.2, 0.25) is 0 Å². The number of halogens is 3. The predicted molar refractivity (Wildman–Crippen MR) is 59.4 cm³/mol. The molecule has 0 nitrogen and oxygen atoms in total. The molecule has 68 valence electrons. The molecule has 0 aliphatic carbocycles. The van der Waals surface area contributed by atoms with Gasteiger partial charge in [-0.15, -0.1) is 11.3 Å². The van der Waals surface area contributed by atoms with Crippen molar-refractivity contribution in [1.29, 1.82) is 0 Å². The van der Waals surface area contributed by atoms with Crippen LogP contribution < -0.4 is 0 Å². The van der Waals surface area contributed by atoms with E-state index in [1.165, 1.54) is 12.1 Å². The van der Waals surface area contributed by atoms with Crippen LogP contribution in [0.5, 0.6) is 0 Å². The van der Waals surface area contributed by atoms with E-state index >= 15 is 0 Å². The number of hydrogen-bond donors (Lipinski definition) is 0. The molecular formula is C9H5BrClFS. The summed E-state index contributed by atoms with van der Waals surface area (Å²) in [5.41, 5.74) is 0.951. The van der Waals surface area contributed by atoms with Crippen LogP contribution in [0, 0.1) is 5.82 Å². The van der Waals surface area contributed by atoms with Crippen molar-refractivity contribution in [3.05, 3.63) is 33.9 Å². The first-order valence-electron chi connectivity index (χ1n) is 3.63. The van der Waals surface area contributed by atoms with Crippen molar-refractivity contribution in [1.82, 2.24) is 0 Å². The molecule has 0 atom stereocenters. The van der Waals surface area contributed by atoms with Gasteiger partial charge in [-0.1, -0.05) is 27.5 Å². The summed E-state index contributed by atoms with van der Waals surface area (Å²) in [6, 6.07) is 3.00. The lowest BCUT2D eigenvalue weighted by molar-refractivity contribution is 0.628. The molecule has 2 aromatic rings. The minimum absolute atomic E-state index is 0.234. The summed E-state index contributed by atoms with van der Waals surface area (Å²) in [5, 5.41) is 3.92. The van der Waals surface area contributed by atoms with E-state index in [2.05, 4.69) is 15.9 Å². The van der Waals surface area contributed by atoms with Gasteiger partial charge in [0.25, 0.3) is 0 Å². The topological polar surface area (TPSA) is 0 Å². The number of fused-ring (bicyclic) bond motifs is 1. The second-order valence-electron chi connectivity index (χ2n) is 2.66. The minimum Gasteiger partial charge on any atom is -0.207 e. The standard InChI is InChI=1S/C9H5BrClFS/c10-3-5-1-6(12)2-7-8(11)4-13-9(5)7/h1-2,4H,3H2. The van der Waals surface area contributed by atoms with Crippen molar-refractivity contribution in [2.45, 2.75) is 5.33 Å². The molecule has 0 fully saturated rings. The van der Waals surface area contributed by atoms with Crippen LogP contribution in [0.25, 0.3) is 10.1 Å². The van der Waals surface area contributed by atoms with Gasteiger partial charge in [0.1, 0.15) is 5.82 Å². The first-order chi connectivity index (χ1) is 6.22. The summed E-state index contributed by atoms with van der Waals surface area (Å²) in [4.78, 5) is 0. The van der Waals surface area contributed by atoms with Crippen LogP contribution in [0.4, 0.5) is 4.39 Å². The molecule has 0 saturated carbocycles. The molecule has 4 heteroatoms. The second-order valence-corrected chi connectivity index (χ2v) is 4.51. The lowest BCUT2D eigenvalue weighted by atomic mass is 10.2. The Morgan fingerprint density at radius 3 is 2.92 bits per heavy atom. The Morgan fingerprint density at radius 1 is 1.46 bits per heavy atom. The first-order valence-corrected chi connectivity index (χ1v) is 6.01. The molecule has 1 aromatic heterocycles. The van der Waals surface area contributed by atoms with E-state index in [1.807, 2.05) is 5.38 Å². The summed E-state index contributed by atoms with van der Waals surface area (Å²) in [7, 11) is 0. The smallest absolute Gasteiger partial charge is 0.124 e. The van der Waals surface area contributed by atoms with E-state index in [-0.39, 0.29) is 5.82 Å². The maximum atomic E-state index is 13.1. The van der Waals surface area contributed by atoms with Crippen LogP contribution in [-0.4, -0.2) is 0 Å². The molecule has 0 N–H and O–H groups in total. The highest BCUT2D eigenvalue weighted by atomic mass is 79.9. The minimum atomic E-state index is -0.234. The lowest BCUT2D eigenvalue weighted by Gasteiger charge is -1.98. The van der Waals surface area contributed by atoms with Crippen LogP contribution in [-0.2, 0) is 5.33 Å². The summed E-state index contributed by atoms with van der Waals surface area (Å²) >= 11 is 10.8. The fourth-order valence-electron chi connectivity index (χ4n) is 1.24. The van der Waals surface area contributed by atoms with Gasteiger partial charge in [-0.05, 0) is 17.7 Å². The van der Waals surface area contributed by atoms with E-state index in [9.17, 15) is 4.39 Å². The maximum Gasteiger partial charge on any atom is 0.124 e. The van der Waals surface area contributed by atoms with Gasteiger partial charge < -0.3 is 0 Å². The zero-order valence-electron chi connectivity index (χ0n) is 6.48. The average Bonchev–Trinajstić information content (AvgIpc) is 2.47. The van der Waals surface area contributed by atoms with Crippen LogP contribution in [0.2, 0.25) is 5.02 Å². The Labute approximate surface area is 92.5 Å². The van der Waals surface area contributed by atoms with E-state index in [0.29, 0.717) is 10.4 Å². The van der Waals surface area contributed by atoms with Crippen LogP contribution in [0.15, 0.2) is 17.5 Å². The van der Waals surface area contributed by atoms with Crippen molar-refractivity contribution in [3.63, 3.8) is 0 Å². The molecule has 0 aliphatic heterocycles. The Kier molecular flexibility index (Phi) is 2.58. The second kappa shape index (κ2) is 3.56. The van der Waals surface area contributed by atoms with Gasteiger partial charge in [0.05, 0.1) is 5.02 Å². The summed E-state index contributed by atoms with van der Waals surface area (Å²) in [5.74, 6) is -0.234. The number of alkyl halides is 1. The summed E-state index contributed by atoms with van der Waals surface area (Å²) < 4.78 is 14.1. The van der Waals surface area contributed by atoms with E-state index in [4.69, 9.17) is 11.6 Å². The normalized spacial score (nSPS) is 11.0. The average molecular weight is 280 g/mol. The zero-order valence-corrected chi connectivity index (χ0v) is 9.64. The van der Waals surface area contributed by atoms with Gasteiger partial charge in [0.15, 0.2) is 0 Å². The molecule has 0 radical (unpaired) electrons. The molecule has 1 aromatic carbocycles. The highest BCUT2D eigenvalue weighted by Crippen LogP contribution is 2.33. The molecule has 0 amide bonds. The molecular weight excluding hydrogens is 275 g/mol. The maximum absolute atomic E-state index is 13.1. The van der Waals surface area contributed by atoms with Crippen LogP contribution in [0.1, 0.15) is 5.56 Å². The van der Waals surface area contributed by atoms with Gasteiger partial charge in [-0.25, -0.2) is 4.39 Å². The van der Waals surface area contributed by atoms with Gasteiger partial charge in [-0.2, -0.15) is 0 Å². The number of rotatable bonds is 1. The van der Waals surface area contributed by atoms with Crippen molar-refractivity contribution in [3.8, 4) is 0 Å². The van der Waals surface area contributed by atoms with Gasteiger partial charge in [0, 0.05) is 20.8 Å². The third kappa shape index (κ3) is 1.60. The molecule has 0 aliphatic rings. The van der Waals surface area contributed by atoms with Gasteiger partial charge in [-0.3, -0.25) is 0 Å². The van der Waals surface area contributed by atoms with E-state index in [1.54, 1.807) is 11.3 Å². The third-order valence-corrected chi connectivity index (χ3v) is 3.93. The third-order valence-electron chi connectivity index (χ3n) is 1.81. The first kappa shape index (κ1) is 9.44. The van der Waals surface area contributed by atoms with Crippen molar-refractivity contribution in [2.24, 2.45) is 0 Å².